The molecule has 1 heterocycles. The van der Waals surface area contributed by atoms with Crippen molar-refractivity contribution in [2.45, 2.75) is 5.41 Å². The maximum absolute atomic E-state index is 2.49. The first-order valence-corrected chi connectivity index (χ1v) is 24.0. The third-order valence-corrected chi connectivity index (χ3v) is 15.4. The van der Waals surface area contributed by atoms with E-state index in [0.717, 1.165) is 22.7 Å². The van der Waals surface area contributed by atoms with E-state index in [1.807, 2.05) is 0 Å². The van der Waals surface area contributed by atoms with Gasteiger partial charge in [-0.05, 0) is 149 Å². The van der Waals surface area contributed by atoms with Gasteiger partial charge in [0.05, 0.1) is 16.4 Å². The van der Waals surface area contributed by atoms with Crippen LogP contribution < -0.4 is 4.90 Å². The molecule has 0 radical (unpaired) electrons. The highest BCUT2D eigenvalue weighted by Crippen LogP contribution is 2.63. The summed E-state index contributed by atoms with van der Waals surface area (Å²) in [4.78, 5) is 2.49. The maximum Gasteiger partial charge on any atom is 0.0725 e. The standard InChI is InChI=1S/C67H42N2/c1-2-19-44(20-3-1)69-64-34-15-11-29-57(64)66-48(30-17-35-65(66)69)43-18-16-21-45(40-43)68(46-36-38-53-51-24-5-4-22-49(51)50-23-6-7-25-52(50)58(53)41-46)47-37-39-63-59(42-47)56-28-10-14-33-62(56)67(63)60-31-12-8-26-54(60)55-27-9-13-32-61(55)67/h1-42H. The lowest BCUT2D eigenvalue weighted by molar-refractivity contribution is 0.794. The predicted molar refractivity (Wildman–Crippen MR) is 290 cm³/mol. The molecule has 0 N–H and O–H groups in total. The summed E-state index contributed by atoms with van der Waals surface area (Å²) in [5, 5.41) is 10.1. The number of aromatic nitrogens is 1. The van der Waals surface area contributed by atoms with E-state index in [-0.39, 0.29) is 0 Å². The molecule has 0 unspecified atom stereocenters. The molecule has 0 amide bonds. The maximum atomic E-state index is 2.49. The van der Waals surface area contributed by atoms with Gasteiger partial charge in [-0.15, -0.1) is 0 Å². The number of anilines is 3. The Hall–Kier alpha value is -8.98. The van der Waals surface area contributed by atoms with Gasteiger partial charge in [0.15, 0.2) is 0 Å². The zero-order valence-corrected chi connectivity index (χ0v) is 37.6. The molecule has 12 aromatic carbocycles. The van der Waals surface area contributed by atoms with E-state index in [9.17, 15) is 0 Å². The number of rotatable bonds is 5. The molecule has 1 spiro atoms. The molecule has 2 aliphatic carbocycles. The third-order valence-electron chi connectivity index (χ3n) is 15.4. The van der Waals surface area contributed by atoms with E-state index < -0.39 is 5.41 Å². The van der Waals surface area contributed by atoms with Crippen LogP contribution in [0.5, 0.6) is 0 Å². The highest BCUT2D eigenvalue weighted by atomic mass is 15.1. The highest BCUT2D eigenvalue weighted by Gasteiger charge is 2.51. The fraction of sp³-hybridized carbons (Fsp3) is 0.0149. The van der Waals surface area contributed by atoms with E-state index >= 15 is 0 Å². The molecule has 0 aliphatic heterocycles. The molecule has 1 aromatic heterocycles. The molecule has 0 saturated carbocycles. The summed E-state index contributed by atoms with van der Waals surface area (Å²) in [6.07, 6.45) is 0. The van der Waals surface area contributed by atoms with Crippen molar-refractivity contribution in [1.29, 1.82) is 0 Å². The molecule has 0 atom stereocenters. The Kier molecular flexibility index (Phi) is 8.02. The molecular formula is C67H42N2. The minimum atomic E-state index is -0.414. The second-order valence-corrected chi connectivity index (χ2v) is 18.7. The summed E-state index contributed by atoms with van der Waals surface area (Å²) < 4.78 is 2.41. The smallest absolute Gasteiger partial charge is 0.0725 e. The number of benzene rings is 12. The molecule has 0 fully saturated rings. The lowest BCUT2D eigenvalue weighted by atomic mass is 9.70. The molecular weight excluding hydrogens is 833 g/mol. The SMILES string of the molecule is c1ccc(-n2c3ccccc3c3c(-c4cccc(N(c5ccc6c(c5)-c5ccccc5C65c6ccccc6-c6ccccc65)c5ccc6c7ccccc7c7ccccc7c6c5)c4)cccc32)cc1. The first-order valence-electron chi connectivity index (χ1n) is 24.0. The van der Waals surface area contributed by atoms with Crippen LogP contribution in [0.25, 0.3) is 93.2 Å². The van der Waals surface area contributed by atoms with Crippen LogP contribution in [0.1, 0.15) is 22.3 Å². The number of para-hydroxylation sites is 2. The Morgan fingerprint density at radius 3 is 1.42 bits per heavy atom. The zero-order chi connectivity index (χ0) is 45.2. The Bertz CT molecular complexity index is 4190. The second kappa shape index (κ2) is 14.5. The van der Waals surface area contributed by atoms with E-state index in [0.29, 0.717) is 0 Å². The minimum Gasteiger partial charge on any atom is -0.310 e. The van der Waals surface area contributed by atoms with Gasteiger partial charge in [-0.2, -0.15) is 0 Å². The quantitative estimate of drug-likeness (QED) is 0.156. The van der Waals surface area contributed by atoms with E-state index in [4.69, 9.17) is 0 Å². The van der Waals surface area contributed by atoms with Crippen LogP contribution in [0.2, 0.25) is 0 Å². The van der Waals surface area contributed by atoms with Gasteiger partial charge < -0.3 is 9.47 Å². The van der Waals surface area contributed by atoms with Crippen molar-refractivity contribution in [2.24, 2.45) is 0 Å². The molecule has 2 aliphatic rings. The molecule has 13 aromatic rings. The van der Waals surface area contributed by atoms with Gasteiger partial charge >= 0.3 is 0 Å². The summed E-state index contributed by atoms with van der Waals surface area (Å²) in [5.74, 6) is 0. The molecule has 320 valence electrons. The van der Waals surface area contributed by atoms with Crippen molar-refractivity contribution >= 4 is 71.2 Å². The number of fused-ring (bicyclic) bond motifs is 19. The average Bonchev–Trinajstić information content (AvgIpc) is 4.03. The Morgan fingerprint density at radius 1 is 0.275 bits per heavy atom. The average molecular weight is 875 g/mol. The summed E-state index contributed by atoms with van der Waals surface area (Å²) >= 11 is 0. The number of hydrogen-bond donors (Lipinski definition) is 0. The molecule has 15 rings (SSSR count). The van der Waals surface area contributed by atoms with Crippen molar-refractivity contribution in [3.8, 4) is 39.1 Å². The van der Waals surface area contributed by atoms with E-state index in [1.54, 1.807) is 0 Å². The number of hydrogen-bond acceptors (Lipinski definition) is 1. The largest absolute Gasteiger partial charge is 0.310 e. The Morgan fingerprint density at radius 2 is 0.739 bits per heavy atom. The van der Waals surface area contributed by atoms with Gasteiger partial charge in [0.1, 0.15) is 0 Å². The summed E-state index contributed by atoms with van der Waals surface area (Å²) in [6.45, 7) is 0. The Labute approximate surface area is 400 Å². The fourth-order valence-electron chi connectivity index (χ4n) is 12.6. The topological polar surface area (TPSA) is 8.17 Å². The van der Waals surface area contributed by atoms with E-state index in [1.165, 1.54) is 110 Å². The van der Waals surface area contributed by atoms with Crippen molar-refractivity contribution in [2.75, 3.05) is 4.90 Å². The zero-order valence-electron chi connectivity index (χ0n) is 37.6. The van der Waals surface area contributed by atoms with Crippen molar-refractivity contribution in [3.05, 3.63) is 277 Å². The van der Waals surface area contributed by atoms with Crippen LogP contribution >= 0.6 is 0 Å². The van der Waals surface area contributed by atoms with Crippen LogP contribution in [0.3, 0.4) is 0 Å². The van der Waals surface area contributed by atoms with Gasteiger partial charge in [0.2, 0.25) is 0 Å². The second-order valence-electron chi connectivity index (χ2n) is 18.7. The normalized spacial score (nSPS) is 13.0. The molecule has 0 saturated heterocycles. The molecule has 2 heteroatoms. The van der Waals surface area contributed by atoms with Crippen molar-refractivity contribution in [3.63, 3.8) is 0 Å². The molecule has 0 bridgehead atoms. The van der Waals surface area contributed by atoms with Crippen LogP contribution in [0.15, 0.2) is 255 Å². The fourth-order valence-corrected chi connectivity index (χ4v) is 12.6. The summed E-state index contributed by atoms with van der Waals surface area (Å²) in [6, 6.07) is 94.9. The first-order chi connectivity index (χ1) is 34.3. The van der Waals surface area contributed by atoms with Crippen molar-refractivity contribution < 1.29 is 0 Å². The highest BCUT2D eigenvalue weighted by molar-refractivity contribution is 6.26. The monoisotopic (exact) mass is 874 g/mol. The van der Waals surface area contributed by atoms with E-state index in [2.05, 4.69) is 264 Å². The van der Waals surface area contributed by atoms with Gasteiger partial charge in [0.25, 0.3) is 0 Å². The number of nitrogens with zero attached hydrogens (tertiary/aromatic N) is 2. The van der Waals surface area contributed by atoms with Gasteiger partial charge in [-0.25, -0.2) is 0 Å². The van der Waals surface area contributed by atoms with Crippen LogP contribution in [0, 0.1) is 0 Å². The van der Waals surface area contributed by atoms with Gasteiger partial charge in [-0.3, -0.25) is 0 Å². The third kappa shape index (κ3) is 5.26. The minimum absolute atomic E-state index is 0.414. The summed E-state index contributed by atoms with van der Waals surface area (Å²) in [7, 11) is 0. The van der Waals surface area contributed by atoms with Crippen molar-refractivity contribution in [1.82, 2.24) is 4.57 Å². The van der Waals surface area contributed by atoms with Gasteiger partial charge in [-0.1, -0.05) is 194 Å². The lowest BCUT2D eigenvalue weighted by Crippen LogP contribution is -2.25. The van der Waals surface area contributed by atoms with Crippen LogP contribution in [-0.2, 0) is 5.41 Å². The van der Waals surface area contributed by atoms with Crippen LogP contribution in [-0.4, -0.2) is 4.57 Å². The summed E-state index contributed by atoms with van der Waals surface area (Å²) in [5.41, 5.74) is 19.4. The lowest BCUT2D eigenvalue weighted by Gasteiger charge is -2.31. The van der Waals surface area contributed by atoms with Gasteiger partial charge in [0, 0.05) is 33.5 Å². The predicted octanol–water partition coefficient (Wildman–Crippen LogP) is 17.7. The molecule has 2 nitrogen and oxygen atoms in total. The van der Waals surface area contributed by atoms with Crippen LogP contribution in [0.4, 0.5) is 17.1 Å². The molecule has 69 heavy (non-hydrogen) atoms. The Balaban J connectivity index is 0.985. The first kappa shape index (κ1) is 38.2.